The first-order valence-electron chi connectivity index (χ1n) is 9.58. The van der Waals surface area contributed by atoms with Gasteiger partial charge in [-0.15, -0.1) is 0 Å². The van der Waals surface area contributed by atoms with E-state index < -0.39 is 0 Å². The fourth-order valence-corrected chi connectivity index (χ4v) is 3.57. The Kier molecular flexibility index (Phi) is 6.61. The Morgan fingerprint density at radius 3 is 2.70 bits per heavy atom. The topological polar surface area (TPSA) is 48.7 Å². The Balaban J connectivity index is 1.59. The van der Waals surface area contributed by atoms with Gasteiger partial charge in [-0.25, -0.2) is 0 Å². The van der Waals surface area contributed by atoms with E-state index in [0.717, 1.165) is 56.7 Å². The Morgan fingerprint density at radius 2 is 2.04 bits per heavy atom. The SMILES string of the molecule is CCNC(=NCCc1cnn(C)c1)N1CCN(c2cc(Cl)ccc2C)CC1. The number of rotatable bonds is 5. The summed E-state index contributed by atoms with van der Waals surface area (Å²) in [5, 5.41) is 8.45. The second kappa shape index (κ2) is 9.13. The summed E-state index contributed by atoms with van der Waals surface area (Å²) in [5.74, 6) is 1.00. The fourth-order valence-electron chi connectivity index (χ4n) is 3.40. The van der Waals surface area contributed by atoms with Crippen molar-refractivity contribution < 1.29 is 0 Å². The summed E-state index contributed by atoms with van der Waals surface area (Å²) in [7, 11) is 1.94. The number of aromatic nitrogens is 2. The predicted octanol–water partition coefficient (Wildman–Crippen LogP) is 2.71. The van der Waals surface area contributed by atoms with Gasteiger partial charge in [-0.05, 0) is 43.5 Å². The first-order valence-corrected chi connectivity index (χ1v) is 9.96. The highest BCUT2D eigenvalue weighted by Gasteiger charge is 2.20. The van der Waals surface area contributed by atoms with Crippen molar-refractivity contribution in [3.63, 3.8) is 0 Å². The normalized spacial score (nSPS) is 15.3. The van der Waals surface area contributed by atoms with E-state index in [0.29, 0.717) is 0 Å². The van der Waals surface area contributed by atoms with Crippen LogP contribution in [0.15, 0.2) is 35.6 Å². The van der Waals surface area contributed by atoms with E-state index in [1.165, 1.54) is 16.8 Å². The van der Waals surface area contributed by atoms with Gasteiger partial charge >= 0.3 is 0 Å². The van der Waals surface area contributed by atoms with Gasteiger partial charge < -0.3 is 15.1 Å². The Bertz CT molecular complexity index is 777. The van der Waals surface area contributed by atoms with Gasteiger partial charge in [0.05, 0.1) is 6.20 Å². The molecule has 0 amide bonds. The second-order valence-corrected chi connectivity index (χ2v) is 7.35. The van der Waals surface area contributed by atoms with Crippen LogP contribution in [0.3, 0.4) is 0 Å². The lowest BCUT2D eigenvalue weighted by Crippen LogP contribution is -2.52. The summed E-state index contributed by atoms with van der Waals surface area (Å²) < 4.78 is 1.83. The number of hydrogen-bond acceptors (Lipinski definition) is 3. The average molecular weight is 389 g/mol. The number of piperazine rings is 1. The molecule has 27 heavy (non-hydrogen) atoms. The van der Waals surface area contributed by atoms with Crippen molar-refractivity contribution in [3.8, 4) is 0 Å². The number of aryl methyl sites for hydroxylation is 2. The summed E-state index contributed by atoms with van der Waals surface area (Å²) in [6.45, 7) is 9.73. The molecule has 1 aromatic carbocycles. The molecule has 2 heterocycles. The lowest BCUT2D eigenvalue weighted by atomic mass is 10.1. The van der Waals surface area contributed by atoms with E-state index in [9.17, 15) is 0 Å². The highest BCUT2D eigenvalue weighted by atomic mass is 35.5. The molecule has 3 rings (SSSR count). The van der Waals surface area contributed by atoms with Crippen molar-refractivity contribution in [2.45, 2.75) is 20.3 Å². The average Bonchev–Trinajstić information content (AvgIpc) is 3.08. The molecule has 7 heteroatoms. The molecule has 1 aliphatic heterocycles. The first kappa shape index (κ1) is 19.5. The molecule has 0 aliphatic carbocycles. The highest BCUT2D eigenvalue weighted by Crippen LogP contribution is 2.25. The van der Waals surface area contributed by atoms with Gasteiger partial charge in [0.15, 0.2) is 5.96 Å². The minimum Gasteiger partial charge on any atom is -0.368 e. The zero-order valence-electron chi connectivity index (χ0n) is 16.5. The number of benzene rings is 1. The molecule has 1 fully saturated rings. The third-order valence-electron chi connectivity index (χ3n) is 4.85. The van der Waals surface area contributed by atoms with Crippen LogP contribution in [0, 0.1) is 6.92 Å². The summed E-state index contributed by atoms with van der Waals surface area (Å²) in [5.41, 5.74) is 3.73. The largest absolute Gasteiger partial charge is 0.368 e. The van der Waals surface area contributed by atoms with Crippen molar-refractivity contribution in [2.24, 2.45) is 12.0 Å². The highest BCUT2D eigenvalue weighted by molar-refractivity contribution is 6.30. The molecular formula is C20H29ClN6. The minimum atomic E-state index is 0.766. The van der Waals surface area contributed by atoms with Crippen LogP contribution in [0.25, 0.3) is 0 Å². The van der Waals surface area contributed by atoms with Crippen LogP contribution >= 0.6 is 11.6 Å². The van der Waals surface area contributed by atoms with Crippen LogP contribution in [0.5, 0.6) is 0 Å². The van der Waals surface area contributed by atoms with E-state index in [1.54, 1.807) is 0 Å². The molecule has 0 saturated carbocycles. The van der Waals surface area contributed by atoms with Crippen molar-refractivity contribution in [1.82, 2.24) is 20.0 Å². The summed E-state index contributed by atoms with van der Waals surface area (Å²) in [4.78, 5) is 9.59. The van der Waals surface area contributed by atoms with Crippen molar-refractivity contribution in [3.05, 3.63) is 46.7 Å². The molecule has 0 radical (unpaired) electrons. The zero-order chi connectivity index (χ0) is 19.2. The van der Waals surface area contributed by atoms with E-state index in [2.05, 4.69) is 52.4 Å². The Morgan fingerprint density at radius 1 is 1.26 bits per heavy atom. The van der Waals surface area contributed by atoms with Gasteiger partial charge in [0.2, 0.25) is 0 Å². The standard InChI is InChI=1S/C20H29ClN6/c1-4-22-20(23-8-7-17-14-24-25(3)15-17)27-11-9-26(10-12-27)19-13-18(21)6-5-16(19)2/h5-6,13-15H,4,7-12H2,1-3H3,(H,22,23). The monoisotopic (exact) mass is 388 g/mol. The van der Waals surface area contributed by atoms with Crippen LogP contribution in [0.4, 0.5) is 5.69 Å². The van der Waals surface area contributed by atoms with Gasteiger partial charge in [0, 0.05) is 63.2 Å². The molecule has 1 aliphatic rings. The number of nitrogens with zero attached hydrogens (tertiary/aromatic N) is 5. The fraction of sp³-hybridized carbons (Fsp3) is 0.500. The molecule has 0 bridgehead atoms. The number of hydrogen-bond donors (Lipinski definition) is 1. The van der Waals surface area contributed by atoms with Crippen LogP contribution in [0.2, 0.25) is 5.02 Å². The van der Waals surface area contributed by atoms with Gasteiger partial charge in [-0.2, -0.15) is 5.10 Å². The summed E-state index contributed by atoms with van der Waals surface area (Å²) >= 11 is 6.19. The summed E-state index contributed by atoms with van der Waals surface area (Å²) in [6.07, 6.45) is 4.87. The molecular weight excluding hydrogens is 360 g/mol. The third-order valence-corrected chi connectivity index (χ3v) is 5.08. The maximum absolute atomic E-state index is 6.19. The number of halogens is 1. The van der Waals surface area contributed by atoms with Crippen molar-refractivity contribution >= 4 is 23.2 Å². The van der Waals surface area contributed by atoms with Crippen LogP contribution in [-0.2, 0) is 13.5 Å². The third kappa shape index (κ3) is 5.16. The van der Waals surface area contributed by atoms with Gasteiger partial charge in [0.1, 0.15) is 0 Å². The molecule has 0 unspecified atom stereocenters. The van der Waals surface area contributed by atoms with Gasteiger partial charge in [-0.3, -0.25) is 9.67 Å². The van der Waals surface area contributed by atoms with E-state index in [-0.39, 0.29) is 0 Å². The van der Waals surface area contributed by atoms with Crippen LogP contribution in [0.1, 0.15) is 18.1 Å². The van der Waals surface area contributed by atoms with E-state index in [4.69, 9.17) is 16.6 Å². The lowest BCUT2D eigenvalue weighted by molar-refractivity contribution is 0.372. The Labute approximate surface area is 166 Å². The Hall–Kier alpha value is -2.21. The molecule has 2 aromatic rings. The van der Waals surface area contributed by atoms with Crippen molar-refractivity contribution in [2.75, 3.05) is 44.2 Å². The van der Waals surface area contributed by atoms with Gasteiger partial charge in [0.25, 0.3) is 0 Å². The van der Waals surface area contributed by atoms with Crippen molar-refractivity contribution in [1.29, 1.82) is 0 Å². The second-order valence-electron chi connectivity index (χ2n) is 6.91. The quantitative estimate of drug-likeness (QED) is 0.632. The van der Waals surface area contributed by atoms with Crippen LogP contribution in [-0.4, -0.2) is 59.9 Å². The molecule has 6 nitrogen and oxygen atoms in total. The maximum Gasteiger partial charge on any atom is 0.194 e. The predicted molar refractivity (Wildman–Crippen MR) is 113 cm³/mol. The number of aliphatic imine (C=N–C) groups is 1. The van der Waals surface area contributed by atoms with Gasteiger partial charge in [-0.1, -0.05) is 17.7 Å². The van der Waals surface area contributed by atoms with Crippen LogP contribution < -0.4 is 10.2 Å². The summed E-state index contributed by atoms with van der Waals surface area (Å²) in [6, 6.07) is 6.11. The molecule has 1 N–H and O–H groups in total. The molecule has 1 aromatic heterocycles. The number of nitrogens with one attached hydrogen (secondary N) is 1. The molecule has 146 valence electrons. The maximum atomic E-state index is 6.19. The zero-order valence-corrected chi connectivity index (χ0v) is 17.2. The van der Waals surface area contributed by atoms with E-state index in [1.807, 2.05) is 24.0 Å². The minimum absolute atomic E-state index is 0.766. The lowest BCUT2D eigenvalue weighted by Gasteiger charge is -2.38. The number of anilines is 1. The molecule has 0 spiro atoms. The van der Waals surface area contributed by atoms with E-state index >= 15 is 0 Å². The number of guanidine groups is 1. The molecule has 0 atom stereocenters. The smallest absolute Gasteiger partial charge is 0.194 e. The first-order chi connectivity index (χ1) is 13.1. The molecule has 1 saturated heterocycles.